The number of benzene rings is 8. The molecular weight excluding hydrogens is 673 g/mol. The van der Waals surface area contributed by atoms with Crippen LogP contribution >= 0.6 is 0 Å². The number of aromatic nitrogens is 4. The quantitative estimate of drug-likeness (QED) is 0.165. The van der Waals surface area contributed by atoms with E-state index in [-0.39, 0.29) is 0 Å². The van der Waals surface area contributed by atoms with Gasteiger partial charge in [-0.25, -0.2) is 19.9 Å². The minimum absolute atomic E-state index is 0.557. The van der Waals surface area contributed by atoms with Gasteiger partial charge in [-0.3, -0.25) is 0 Å². The van der Waals surface area contributed by atoms with Gasteiger partial charge >= 0.3 is 0 Å². The summed E-state index contributed by atoms with van der Waals surface area (Å²) < 4.78 is 6.53. The summed E-state index contributed by atoms with van der Waals surface area (Å²) in [5.41, 5.74) is 12.0. The van der Waals surface area contributed by atoms with Crippen molar-refractivity contribution < 1.29 is 4.42 Å². The van der Waals surface area contributed by atoms with Crippen molar-refractivity contribution in [1.82, 2.24) is 19.9 Å². The molecule has 5 nitrogen and oxygen atoms in total. The van der Waals surface area contributed by atoms with Crippen LogP contribution in [0.25, 0.3) is 101 Å². The highest BCUT2D eigenvalue weighted by atomic mass is 16.3. The van der Waals surface area contributed by atoms with Gasteiger partial charge in [-0.1, -0.05) is 176 Å². The molecule has 0 amide bonds. The first kappa shape index (κ1) is 32.2. The zero-order valence-corrected chi connectivity index (χ0v) is 29.7. The van der Waals surface area contributed by atoms with Gasteiger partial charge in [-0.05, 0) is 57.0 Å². The largest absolute Gasteiger partial charge is 0.435 e. The van der Waals surface area contributed by atoms with Gasteiger partial charge in [-0.2, -0.15) is 0 Å². The zero-order valence-electron chi connectivity index (χ0n) is 29.7. The van der Waals surface area contributed by atoms with E-state index in [1.54, 1.807) is 0 Å². The number of oxazole rings is 1. The molecule has 0 N–H and O–H groups in total. The Balaban J connectivity index is 1.12. The van der Waals surface area contributed by atoms with Crippen LogP contribution < -0.4 is 0 Å². The second-order valence-electron chi connectivity index (χ2n) is 13.4. The molecule has 0 aliphatic carbocycles. The van der Waals surface area contributed by atoms with Crippen molar-refractivity contribution in [3.63, 3.8) is 0 Å². The van der Waals surface area contributed by atoms with E-state index < -0.39 is 0 Å². The Hall–Kier alpha value is -7.50. The number of fused-ring (bicyclic) bond motifs is 3. The third-order valence-corrected chi connectivity index (χ3v) is 10.0. The van der Waals surface area contributed by atoms with Gasteiger partial charge in [0.05, 0.1) is 0 Å². The molecule has 0 aliphatic rings. The van der Waals surface area contributed by atoms with E-state index in [0.29, 0.717) is 28.9 Å². The van der Waals surface area contributed by atoms with Gasteiger partial charge in [0, 0.05) is 27.6 Å². The van der Waals surface area contributed by atoms with Crippen molar-refractivity contribution in [2.45, 2.75) is 0 Å². The van der Waals surface area contributed by atoms with Crippen LogP contribution in [0.1, 0.15) is 0 Å². The lowest BCUT2D eigenvalue weighted by molar-refractivity contribution is 0.623. The topological polar surface area (TPSA) is 64.7 Å². The first-order chi connectivity index (χ1) is 27.2. The summed E-state index contributed by atoms with van der Waals surface area (Å²) in [6, 6.07) is 66.5. The Kier molecular flexibility index (Phi) is 8.08. The maximum Gasteiger partial charge on any atom is 0.227 e. The summed E-state index contributed by atoms with van der Waals surface area (Å²) in [7, 11) is 0. The van der Waals surface area contributed by atoms with Gasteiger partial charge in [0.15, 0.2) is 23.1 Å². The summed E-state index contributed by atoms with van der Waals surface area (Å²) in [5, 5.41) is 1.92. The predicted molar refractivity (Wildman–Crippen MR) is 223 cm³/mol. The van der Waals surface area contributed by atoms with Crippen molar-refractivity contribution in [2.24, 2.45) is 0 Å². The Morgan fingerprint density at radius 3 is 1.36 bits per heavy atom. The molecule has 55 heavy (non-hydrogen) atoms. The fourth-order valence-electron chi connectivity index (χ4n) is 7.25. The van der Waals surface area contributed by atoms with Crippen LogP contribution in [0.5, 0.6) is 0 Å². The van der Waals surface area contributed by atoms with E-state index in [2.05, 4.69) is 140 Å². The molecule has 10 aromatic rings. The first-order valence-corrected chi connectivity index (χ1v) is 18.3. The van der Waals surface area contributed by atoms with Crippen LogP contribution in [0.2, 0.25) is 0 Å². The minimum Gasteiger partial charge on any atom is -0.435 e. The number of hydrogen-bond acceptors (Lipinski definition) is 5. The molecule has 258 valence electrons. The predicted octanol–water partition coefficient (Wildman–Crippen LogP) is 12.8. The van der Waals surface area contributed by atoms with Crippen LogP contribution in [-0.4, -0.2) is 19.9 Å². The van der Waals surface area contributed by atoms with Crippen molar-refractivity contribution in [2.75, 3.05) is 0 Å². The second-order valence-corrected chi connectivity index (χ2v) is 13.4. The summed E-state index contributed by atoms with van der Waals surface area (Å²) in [5.74, 6) is 2.30. The second kappa shape index (κ2) is 13.8. The minimum atomic E-state index is 0.557. The molecule has 0 unspecified atom stereocenters. The van der Waals surface area contributed by atoms with Crippen LogP contribution in [0, 0.1) is 0 Å². The molecule has 0 aliphatic heterocycles. The van der Waals surface area contributed by atoms with E-state index in [4.69, 9.17) is 24.4 Å². The molecule has 0 saturated carbocycles. The molecule has 0 spiro atoms. The third kappa shape index (κ3) is 6.14. The van der Waals surface area contributed by atoms with Crippen molar-refractivity contribution in [3.8, 4) is 79.0 Å². The summed E-state index contributed by atoms with van der Waals surface area (Å²) in [6.45, 7) is 0. The van der Waals surface area contributed by atoms with Crippen molar-refractivity contribution >= 4 is 21.9 Å². The lowest BCUT2D eigenvalue weighted by Crippen LogP contribution is -2.00. The molecule has 8 aromatic carbocycles. The summed E-state index contributed by atoms with van der Waals surface area (Å²) in [6.07, 6.45) is 0. The molecule has 5 heteroatoms. The maximum absolute atomic E-state index is 6.53. The highest BCUT2D eigenvalue weighted by Gasteiger charge is 2.19. The van der Waals surface area contributed by atoms with Gasteiger partial charge in [0.1, 0.15) is 5.52 Å². The molecule has 0 fully saturated rings. The smallest absolute Gasteiger partial charge is 0.227 e. The third-order valence-electron chi connectivity index (χ3n) is 10.0. The van der Waals surface area contributed by atoms with E-state index in [1.165, 1.54) is 11.1 Å². The van der Waals surface area contributed by atoms with E-state index >= 15 is 0 Å². The number of rotatable bonds is 7. The monoisotopic (exact) mass is 704 g/mol. The molecule has 0 bridgehead atoms. The first-order valence-electron chi connectivity index (χ1n) is 18.3. The SMILES string of the molecule is c1ccc(-c2ccc(-c3nc(-c4ccc(-c5ccccc5-c5ccccc5)cc4)nc(-c4cccc5ccc6nc(-c7ccccc7)oc6c45)n3)cc2)cc1. The highest BCUT2D eigenvalue weighted by Crippen LogP contribution is 2.38. The number of nitrogens with zero attached hydrogens (tertiary/aromatic N) is 4. The Labute approximate surface area is 318 Å². The van der Waals surface area contributed by atoms with Crippen LogP contribution in [0.4, 0.5) is 0 Å². The fourth-order valence-corrected chi connectivity index (χ4v) is 7.25. The fraction of sp³-hybridized carbons (Fsp3) is 0. The summed E-state index contributed by atoms with van der Waals surface area (Å²) in [4.78, 5) is 20.3. The van der Waals surface area contributed by atoms with Gasteiger partial charge in [0.25, 0.3) is 0 Å². The van der Waals surface area contributed by atoms with Crippen LogP contribution in [0.3, 0.4) is 0 Å². The van der Waals surface area contributed by atoms with Crippen molar-refractivity contribution in [1.29, 1.82) is 0 Å². The Morgan fingerprint density at radius 1 is 0.291 bits per heavy atom. The lowest BCUT2D eigenvalue weighted by Gasteiger charge is -2.12. The number of hydrogen-bond donors (Lipinski definition) is 0. The van der Waals surface area contributed by atoms with E-state index in [1.807, 2.05) is 54.6 Å². The standard InChI is InChI=1S/C50H32N4O/c1-4-13-33(14-5-1)34-23-27-38(28-24-34)47-52-48(39-29-25-36(26-30-39)42-21-11-10-20-41(42)35-15-6-2-7-16-35)54-49(53-47)43-22-12-19-37-31-32-44-46(45(37)43)55-50(51-44)40-17-8-3-9-18-40/h1-32H. The molecule has 2 aromatic heterocycles. The average Bonchev–Trinajstić information content (AvgIpc) is 3.72. The Morgan fingerprint density at radius 2 is 0.745 bits per heavy atom. The van der Waals surface area contributed by atoms with Crippen molar-refractivity contribution in [3.05, 3.63) is 194 Å². The highest BCUT2D eigenvalue weighted by molar-refractivity contribution is 6.10. The summed E-state index contributed by atoms with van der Waals surface area (Å²) >= 11 is 0. The molecule has 0 atom stereocenters. The van der Waals surface area contributed by atoms with Gasteiger partial charge in [0.2, 0.25) is 5.89 Å². The van der Waals surface area contributed by atoms with E-state index in [0.717, 1.165) is 60.8 Å². The zero-order chi connectivity index (χ0) is 36.6. The molecule has 0 radical (unpaired) electrons. The van der Waals surface area contributed by atoms with E-state index in [9.17, 15) is 0 Å². The molecule has 2 heterocycles. The normalized spacial score (nSPS) is 11.3. The molecule has 10 rings (SSSR count). The molecular formula is C50H32N4O. The van der Waals surface area contributed by atoms with Crippen LogP contribution in [-0.2, 0) is 0 Å². The molecule has 0 saturated heterocycles. The van der Waals surface area contributed by atoms with Gasteiger partial charge in [-0.15, -0.1) is 0 Å². The van der Waals surface area contributed by atoms with Crippen LogP contribution in [0.15, 0.2) is 199 Å². The lowest BCUT2D eigenvalue weighted by atomic mass is 9.94. The maximum atomic E-state index is 6.53. The van der Waals surface area contributed by atoms with Gasteiger partial charge < -0.3 is 4.42 Å². The average molecular weight is 705 g/mol. The Bertz CT molecular complexity index is 2940.